The Morgan fingerprint density at radius 3 is 2.10 bits per heavy atom. The molecule has 0 amide bonds. The Labute approximate surface area is 122 Å². The molecule has 0 unspecified atom stereocenters. The topological polar surface area (TPSA) is 27.0 Å². The van der Waals surface area contributed by atoms with Crippen molar-refractivity contribution in [3.8, 4) is 6.07 Å². The largest absolute Gasteiger partial charge is 0.378 e. The molecule has 0 saturated carbocycles. The third-order valence-corrected chi connectivity index (χ3v) is 3.07. The summed E-state index contributed by atoms with van der Waals surface area (Å²) in [5, 5.41) is 9.17. The van der Waals surface area contributed by atoms with Crippen molar-refractivity contribution in [1.82, 2.24) is 0 Å². The number of hydrogen-bond donors (Lipinski definition) is 0. The van der Waals surface area contributed by atoms with E-state index in [1.807, 2.05) is 37.2 Å². The second-order valence-corrected chi connectivity index (χ2v) is 4.75. The maximum absolute atomic E-state index is 13.7. The molecule has 0 saturated heterocycles. The molecule has 0 radical (unpaired) electrons. The first kappa shape index (κ1) is 14.7. The lowest BCUT2D eigenvalue weighted by molar-refractivity contribution is 0.578. The van der Waals surface area contributed by atoms with Gasteiger partial charge in [0.25, 0.3) is 0 Å². The summed E-state index contributed by atoms with van der Waals surface area (Å²) in [5.74, 6) is -1.49. The highest BCUT2D eigenvalue weighted by Crippen LogP contribution is 2.24. The molecule has 0 atom stereocenters. The average Bonchev–Trinajstić information content (AvgIpc) is 2.46. The molecule has 106 valence electrons. The van der Waals surface area contributed by atoms with E-state index in [1.54, 1.807) is 12.1 Å². The van der Waals surface area contributed by atoms with Crippen molar-refractivity contribution < 1.29 is 8.78 Å². The number of halogens is 2. The third kappa shape index (κ3) is 3.26. The number of anilines is 1. The highest BCUT2D eigenvalue weighted by molar-refractivity contribution is 5.90. The van der Waals surface area contributed by atoms with Gasteiger partial charge in [-0.1, -0.05) is 18.2 Å². The van der Waals surface area contributed by atoms with Gasteiger partial charge in [-0.05, 0) is 35.9 Å². The predicted molar refractivity (Wildman–Crippen MR) is 80.6 cm³/mol. The van der Waals surface area contributed by atoms with Crippen LogP contribution in [0.1, 0.15) is 11.1 Å². The van der Waals surface area contributed by atoms with E-state index < -0.39 is 11.6 Å². The maximum Gasteiger partial charge on any atom is 0.134 e. The Morgan fingerprint density at radius 1 is 1.05 bits per heavy atom. The Bertz CT molecular complexity index is 690. The lowest BCUT2D eigenvalue weighted by Gasteiger charge is -2.12. The van der Waals surface area contributed by atoms with Gasteiger partial charge in [-0.15, -0.1) is 0 Å². The molecule has 2 rings (SSSR count). The van der Waals surface area contributed by atoms with Crippen molar-refractivity contribution in [2.45, 2.75) is 0 Å². The Morgan fingerprint density at radius 2 is 1.62 bits per heavy atom. The second kappa shape index (κ2) is 6.19. The number of rotatable bonds is 3. The molecule has 0 fully saturated rings. The highest BCUT2D eigenvalue weighted by atomic mass is 19.1. The molecule has 4 heteroatoms. The molecule has 0 bridgehead atoms. The monoisotopic (exact) mass is 284 g/mol. The Hall–Kier alpha value is -2.67. The van der Waals surface area contributed by atoms with Gasteiger partial charge in [-0.2, -0.15) is 5.26 Å². The first-order valence-corrected chi connectivity index (χ1v) is 6.36. The molecule has 0 aliphatic carbocycles. The summed E-state index contributed by atoms with van der Waals surface area (Å²) in [4.78, 5) is 1.94. The number of hydrogen-bond acceptors (Lipinski definition) is 2. The van der Waals surface area contributed by atoms with Crippen LogP contribution in [-0.2, 0) is 0 Å². The lowest BCUT2D eigenvalue weighted by atomic mass is 10.0. The first-order chi connectivity index (χ1) is 10.0. The molecular formula is C17H14F2N2. The van der Waals surface area contributed by atoms with Gasteiger partial charge in [0, 0.05) is 19.8 Å². The van der Waals surface area contributed by atoms with Crippen LogP contribution in [0.2, 0.25) is 0 Å². The summed E-state index contributed by atoms with van der Waals surface area (Å²) < 4.78 is 27.4. The summed E-state index contributed by atoms with van der Waals surface area (Å²) >= 11 is 0. The van der Waals surface area contributed by atoms with Gasteiger partial charge in [0.05, 0.1) is 17.2 Å². The van der Waals surface area contributed by atoms with Crippen LogP contribution in [0.25, 0.3) is 11.6 Å². The van der Waals surface area contributed by atoms with E-state index in [1.165, 1.54) is 12.1 Å². The second-order valence-electron chi connectivity index (χ2n) is 4.75. The predicted octanol–water partition coefficient (Wildman–Crippen LogP) is 4.09. The summed E-state index contributed by atoms with van der Waals surface area (Å²) in [7, 11) is 3.83. The fourth-order valence-electron chi connectivity index (χ4n) is 1.95. The van der Waals surface area contributed by atoms with E-state index in [0.717, 1.165) is 17.8 Å². The van der Waals surface area contributed by atoms with Crippen molar-refractivity contribution in [1.29, 1.82) is 5.26 Å². The van der Waals surface area contributed by atoms with Crippen LogP contribution >= 0.6 is 0 Å². The van der Waals surface area contributed by atoms with Crippen LogP contribution in [0, 0.1) is 23.0 Å². The molecule has 2 aromatic carbocycles. The summed E-state index contributed by atoms with van der Waals surface area (Å²) in [5.41, 5.74) is 1.38. The van der Waals surface area contributed by atoms with E-state index in [4.69, 9.17) is 0 Å². The molecule has 0 spiro atoms. The smallest absolute Gasteiger partial charge is 0.134 e. The fourth-order valence-corrected chi connectivity index (χ4v) is 1.95. The Kier molecular flexibility index (Phi) is 4.34. The molecular weight excluding hydrogens is 270 g/mol. The molecule has 0 heterocycles. The van der Waals surface area contributed by atoms with Gasteiger partial charge >= 0.3 is 0 Å². The average molecular weight is 284 g/mol. The minimum atomic E-state index is -0.743. The summed E-state index contributed by atoms with van der Waals surface area (Å²) in [6.07, 6.45) is 1.47. The molecule has 0 aromatic heterocycles. The van der Waals surface area contributed by atoms with Gasteiger partial charge in [0.15, 0.2) is 0 Å². The van der Waals surface area contributed by atoms with Crippen LogP contribution in [-0.4, -0.2) is 14.1 Å². The van der Waals surface area contributed by atoms with E-state index in [9.17, 15) is 14.0 Å². The van der Waals surface area contributed by atoms with Gasteiger partial charge in [0.2, 0.25) is 0 Å². The first-order valence-electron chi connectivity index (χ1n) is 6.36. The zero-order valence-electron chi connectivity index (χ0n) is 11.8. The van der Waals surface area contributed by atoms with Crippen molar-refractivity contribution in [3.05, 3.63) is 65.2 Å². The fraction of sp³-hybridized carbons (Fsp3) is 0.118. The number of nitriles is 1. The summed E-state index contributed by atoms with van der Waals surface area (Å²) in [6.45, 7) is 0. The van der Waals surface area contributed by atoms with E-state index >= 15 is 0 Å². The van der Waals surface area contributed by atoms with Crippen LogP contribution < -0.4 is 4.90 Å². The highest BCUT2D eigenvalue weighted by Gasteiger charge is 2.13. The number of allylic oxidation sites excluding steroid dienone is 1. The van der Waals surface area contributed by atoms with Gasteiger partial charge in [-0.3, -0.25) is 0 Å². The van der Waals surface area contributed by atoms with Crippen molar-refractivity contribution in [2.75, 3.05) is 19.0 Å². The minimum Gasteiger partial charge on any atom is -0.378 e. The van der Waals surface area contributed by atoms with Gasteiger partial charge in [0.1, 0.15) is 11.6 Å². The van der Waals surface area contributed by atoms with Gasteiger partial charge < -0.3 is 4.90 Å². The zero-order chi connectivity index (χ0) is 15.4. The van der Waals surface area contributed by atoms with Crippen molar-refractivity contribution in [2.24, 2.45) is 0 Å². The molecule has 2 nitrogen and oxygen atoms in total. The number of nitrogens with zero attached hydrogens (tertiary/aromatic N) is 2. The lowest BCUT2D eigenvalue weighted by Crippen LogP contribution is -2.07. The molecule has 0 aliphatic heterocycles. The molecule has 2 aromatic rings. The van der Waals surface area contributed by atoms with Crippen molar-refractivity contribution in [3.63, 3.8) is 0 Å². The molecule has 0 N–H and O–H groups in total. The normalized spacial score (nSPS) is 11.1. The van der Waals surface area contributed by atoms with Crippen LogP contribution in [0.5, 0.6) is 0 Å². The molecule has 21 heavy (non-hydrogen) atoms. The minimum absolute atomic E-state index is 0.0387. The standard InChI is InChI=1S/C17H14F2N2/c1-21(2)14-8-6-12(7-9-14)10-13(11-20)17-15(18)4-3-5-16(17)19/h3-10H,1-2H3/b13-10-. The van der Waals surface area contributed by atoms with Crippen LogP contribution in [0.4, 0.5) is 14.5 Å². The zero-order valence-corrected chi connectivity index (χ0v) is 11.8. The van der Waals surface area contributed by atoms with Gasteiger partial charge in [-0.25, -0.2) is 8.78 Å². The summed E-state index contributed by atoms with van der Waals surface area (Å²) in [6, 6.07) is 12.7. The number of benzene rings is 2. The van der Waals surface area contributed by atoms with Crippen molar-refractivity contribution >= 4 is 17.3 Å². The van der Waals surface area contributed by atoms with E-state index in [-0.39, 0.29) is 11.1 Å². The third-order valence-electron chi connectivity index (χ3n) is 3.07. The quantitative estimate of drug-likeness (QED) is 0.627. The maximum atomic E-state index is 13.7. The van der Waals surface area contributed by atoms with E-state index in [0.29, 0.717) is 5.56 Å². The molecule has 0 aliphatic rings. The SMILES string of the molecule is CN(C)c1ccc(/C=C(/C#N)c2c(F)cccc2F)cc1. The van der Waals surface area contributed by atoms with Crippen LogP contribution in [0.3, 0.4) is 0 Å². The van der Waals surface area contributed by atoms with E-state index in [2.05, 4.69) is 0 Å². The Balaban J connectivity index is 2.44. The van der Waals surface area contributed by atoms with Crippen LogP contribution in [0.15, 0.2) is 42.5 Å².